The van der Waals surface area contributed by atoms with E-state index in [4.69, 9.17) is 5.11 Å². The standard InChI is InChI=1S/C11H10F3NO4S/c12-11(13,14)4-19-10(18)15-8-7(9(16)17)5-2-1-3-6(5)20-8/h1-4H2,(H,15,18)(H,16,17). The first-order valence-electron chi connectivity index (χ1n) is 5.66. The average Bonchev–Trinajstić information content (AvgIpc) is 2.84. The van der Waals surface area contributed by atoms with Gasteiger partial charge in [0.05, 0.1) is 5.56 Å². The SMILES string of the molecule is O=C(Nc1sc2c(c1C(=O)O)CCC2)OCC(F)(F)F. The van der Waals surface area contributed by atoms with E-state index in [0.29, 0.717) is 18.4 Å². The summed E-state index contributed by atoms with van der Waals surface area (Å²) in [4.78, 5) is 23.3. The molecular weight excluding hydrogens is 299 g/mol. The topological polar surface area (TPSA) is 75.6 Å². The number of hydrogen-bond donors (Lipinski definition) is 2. The Bertz CT molecular complexity index is 553. The number of anilines is 1. The molecule has 0 saturated heterocycles. The molecule has 0 spiro atoms. The number of ether oxygens (including phenoxy) is 1. The number of halogens is 3. The first kappa shape index (κ1) is 14.6. The molecule has 1 aliphatic carbocycles. The van der Waals surface area contributed by atoms with Crippen molar-refractivity contribution in [3.05, 3.63) is 16.0 Å². The number of carbonyl (C=O) groups excluding carboxylic acids is 1. The van der Waals surface area contributed by atoms with Gasteiger partial charge in [-0.2, -0.15) is 13.2 Å². The van der Waals surface area contributed by atoms with Gasteiger partial charge in [-0.1, -0.05) is 0 Å². The molecule has 1 aliphatic rings. The lowest BCUT2D eigenvalue weighted by molar-refractivity contribution is -0.159. The predicted octanol–water partition coefficient (Wildman–Crippen LogP) is 3.05. The third kappa shape index (κ3) is 3.21. The third-order valence-electron chi connectivity index (χ3n) is 2.72. The Kier molecular flexibility index (Phi) is 3.89. The van der Waals surface area contributed by atoms with Gasteiger partial charge in [-0.15, -0.1) is 11.3 Å². The van der Waals surface area contributed by atoms with Gasteiger partial charge in [0.15, 0.2) is 6.61 Å². The molecule has 0 bridgehead atoms. The molecule has 2 rings (SSSR count). The lowest BCUT2D eigenvalue weighted by Crippen LogP contribution is -2.23. The van der Waals surface area contributed by atoms with Crippen molar-refractivity contribution in [3.63, 3.8) is 0 Å². The third-order valence-corrected chi connectivity index (χ3v) is 3.92. The van der Waals surface area contributed by atoms with Crippen molar-refractivity contribution < 1.29 is 32.6 Å². The second-order valence-electron chi connectivity index (χ2n) is 4.18. The van der Waals surface area contributed by atoms with Gasteiger partial charge in [0.25, 0.3) is 0 Å². The van der Waals surface area contributed by atoms with Crippen LogP contribution in [0, 0.1) is 0 Å². The molecule has 0 radical (unpaired) electrons. The van der Waals surface area contributed by atoms with Gasteiger partial charge in [-0.25, -0.2) is 9.59 Å². The van der Waals surface area contributed by atoms with E-state index in [9.17, 15) is 22.8 Å². The van der Waals surface area contributed by atoms with Crippen LogP contribution in [-0.2, 0) is 17.6 Å². The molecule has 5 nitrogen and oxygen atoms in total. The molecule has 9 heteroatoms. The van der Waals surface area contributed by atoms with E-state index in [1.165, 1.54) is 0 Å². The van der Waals surface area contributed by atoms with E-state index < -0.39 is 24.8 Å². The second kappa shape index (κ2) is 5.31. The predicted molar refractivity (Wildman–Crippen MR) is 64.3 cm³/mol. The minimum absolute atomic E-state index is 0.0226. The monoisotopic (exact) mass is 309 g/mol. The molecule has 0 aliphatic heterocycles. The highest BCUT2D eigenvalue weighted by Gasteiger charge is 2.31. The molecule has 1 aromatic rings. The van der Waals surface area contributed by atoms with E-state index in [0.717, 1.165) is 22.6 Å². The minimum atomic E-state index is -4.62. The van der Waals surface area contributed by atoms with E-state index in [1.807, 2.05) is 0 Å². The lowest BCUT2D eigenvalue weighted by Gasteiger charge is -2.09. The summed E-state index contributed by atoms with van der Waals surface area (Å²) >= 11 is 1.06. The van der Waals surface area contributed by atoms with Gasteiger partial charge >= 0.3 is 18.2 Å². The number of nitrogens with one attached hydrogen (secondary N) is 1. The molecule has 0 atom stereocenters. The second-order valence-corrected chi connectivity index (χ2v) is 5.29. The lowest BCUT2D eigenvalue weighted by atomic mass is 10.1. The van der Waals surface area contributed by atoms with E-state index >= 15 is 0 Å². The van der Waals surface area contributed by atoms with Gasteiger partial charge in [0.2, 0.25) is 0 Å². The fourth-order valence-corrected chi connectivity index (χ4v) is 3.26. The van der Waals surface area contributed by atoms with Crippen molar-refractivity contribution in [1.29, 1.82) is 0 Å². The first-order chi connectivity index (χ1) is 9.28. The van der Waals surface area contributed by atoms with Crippen LogP contribution in [0.1, 0.15) is 27.2 Å². The van der Waals surface area contributed by atoms with Crippen LogP contribution in [0.4, 0.5) is 23.0 Å². The summed E-state index contributed by atoms with van der Waals surface area (Å²) < 4.78 is 39.7. The molecule has 1 heterocycles. The fraction of sp³-hybridized carbons (Fsp3) is 0.455. The number of carbonyl (C=O) groups is 2. The molecular formula is C11H10F3NO4S. The van der Waals surface area contributed by atoms with Crippen LogP contribution in [0.5, 0.6) is 0 Å². The largest absolute Gasteiger partial charge is 0.478 e. The molecule has 0 saturated carbocycles. The summed E-state index contributed by atoms with van der Waals surface area (Å²) in [6, 6.07) is 0. The number of alkyl halides is 3. The maximum atomic E-state index is 11.9. The Balaban J connectivity index is 2.10. The minimum Gasteiger partial charge on any atom is -0.478 e. The number of amides is 1. The molecule has 1 amide bonds. The molecule has 0 aromatic carbocycles. The summed E-state index contributed by atoms with van der Waals surface area (Å²) in [6.07, 6.45) is -3.80. The maximum absolute atomic E-state index is 11.9. The summed E-state index contributed by atoms with van der Waals surface area (Å²) in [6.45, 7) is -1.72. The first-order valence-corrected chi connectivity index (χ1v) is 6.48. The number of carboxylic acid groups (broad SMARTS) is 1. The van der Waals surface area contributed by atoms with E-state index in [-0.39, 0.29) is 10.6 Å². The Hall–Kier alpha value is -1.77. The smallest absolute Gasteiger partial charge is 0.422 e. The highest BCUT2D eigenvalue weighted by Crippen LogP contribution is 2.39. The van der Waals surface area contributed by atoms with Crippen LogP contribution in [0.25, 0.3) is 0 Å². The molecule has 0 unspecified atom stereocenters. The Labute approximate surface area is 115 Å². The van der Waals surface area contributed by atoms with Gasteiger partial charge in [-0.05, 0) is 24.8 Å². The maximum Gasteiger partial charge on any atom is 0.422 e. The summed E-state index contributed by atoms with van der Waals surface area (Å²) in [5, 5.41) is 11.2. The van der Waals surface area contributed by atoms with Crippen LogP contribution in [0.2, 0.25) is 0 Å². The van der Waals surface area contributed by atoms with E-state index in [2.05, 4.69) is 10.1 Å². The summed E-state index contributed by atoms with van der Waals surface area (Å²) in [5.74, 6) is -1.21. The molecule has 1 aromatic heterocycles. The van der Waals surface area contributed by atoms with Crippen molar-refractivity contribution >= 4 is 28.4 Å². The van der Waals surface area contributed by atoms with Crippen molar-refractivity contribution in [2.24, 2.45) is 0 Å². The van der Waals surface area contributed by atoms with Crippen molar-refractivity contribution in [1.82, 2.24) is 0 Å². The number of carboxylic acids is 1. The zero-order chi connectivity index (χ0) is 14.9. The van der Waals surface area contributed by atoms with Gasteiger partial charge in [0, 0.05) is 4.88 Å². The average molecular weight is 309 g/mol. The van der Waals surface area contributed by atoms with Crippen molar-refractivity contribution in [2.45, 2.75) is 25.4 Å². The van der Waals surface area contributed by atoms with Gasteiger partial charge in [0.1, 0.15) is 5.00 Å². The van der Waals surface area contributed by atoms with Crippen LogP contribution in [0.15, 0.2) is 0 Å². The number of rotatable bonds is 3. The Morgan fingerprint density at radius 1 is 1.35 bits per heavy atom. The molecule has 20 heavy (non-hydrogen) atoms. The Morgan fingerprint density at radius 2 is 2.05 bits per heavy atom. The Morgan fingerprint density at radius 3 is 2.65 bits per heavy atom. The zero-order valence-corrected chi connectivity index (χ0v) is 10.9. The zero-order valence-electron chi connectivity index (χ0n) is 10.0. The highest BCUT2D eigenvalue weighted by molar-refractivity contribution is 7.17. The fourth-order valence-electron chi connectivity index (χ4n) is 1.99. The number of thiophene rings is 1. The number of fused-ring (bicyclic) bond motifs is 1. The van der Waals surface area contributed by atoms with Crippen LogP contribution < -0.4 is 5.32 Å². The number of aryl methyl sites for hydroxylation is 1. The highest BCUT2D eigenvalue weighted by atomic mass is 32.1. The molecule has 0 fully saturated rings. The normalized spacial score (nSPS) is 13.9. The van der Waals surface area contributed by atoms with Crippen molar-refractivity contribution in [2.75, 3.05) is 11.9 Å². The van der Waals surface area contributed by atoms with Crippen LogP contribution in [-0.4, -0.2) is 30.0 Å². The molecule has 2 N–H and O–H groups in total. The van der Waals surface area contributed by atoms with Gasteiger partial charge in [-0.3, -0.25) is 5.32 Å². The molecule has 110 valence electrons. The van der Waals surface area contributed by atoms with Crippen molar-refractivity contribution in [3.8, 4) is 0 Å². The van der Waals surface area contributed by atoms with Crippen LogP contribution >= 0.6 is 11.3 Å². The summed E-state index contributed by atoms with van der Waals surface area (Å²) in [5.41, 5.74) is 0.597. The number of aromatic carboxylic acids is 1. The van der Waals surface area contributed by atoms with E-state index in [1.54, 1.807) is 0 Å². The summed E-state index contributed by atoms with van der Waals surface area (Å²) in [7, 11) is 0. The van der Waals surface area contributed by atoms with Gasteiger partial charge < -0.3 is 9.84 Å². The number of hydrogen-bond acceptors (Lipinski definition) is 4. The quantitative estimate of drug-likeness (QED) is 0.900. The van der Waals surface area contributed by atoms with Crippen LogP contribution in [0.3, 0.4) is 0 Å².